The van der Waals surface area contributed by atoms with Crippen molar-refractivity contribution >= 4 is 0 Å². The maximum Gasteiger partial charge on any atom is 1.00 e. The van der Waals surface area contributed by atoms with Gasteiger partial charge in [0.25, 0.3) is 0 Å². The van der Waals surface area contributed by atoms with Gasteiger partial charge in [-0.1, -0.05) is 0 Å². The normalized spacial score (nSPS) is 18.8. The maximum atomic E-state index is 5.78. The van der Waals surface area contributed by atoms with Gasteiger partial charge in [0.1, 0.15) is 0 Å². The van der Waals surface area contributed by atoms with Crippen LogP contribution in [0.15, 0.2) is 11.4 Å². The molecule has 0 aromatic rings. The smallest absolute Gasteiger partial charge is 0.627 e. The average Bonchev–Trinajstić information content (AvgIpc) is 2.04. The zero-order chi connectivity index (χ0) is 9.14. The van der Waals surface area contributed by atoms with Crippen LogP contribution in [0.3, 0.4) is 0 Å². The number of nitrogens with two attached hydrogens (primary N) is 2. The molecule has 0 saturated heterocycles. The van der Waals surface area contributed by atoms with Crippen molar-refractivity contribution in [2.45, 2.75) is 26.3 Å². The Morgan fingerprint density at radius 3 is 2.46 bits per heavy atom. The maximum absolute atomic E-state index is 5.78. The number of hydrogen-bond acceptors (Lipinski definition) is 3. The third kappa shape index (κ3) is 3.87. The van der Waals surface area contributed by atoms with Crippen LogP contribution in [0, 0.1) is 0 Å². The first-order valence-electron chi connectivity index (χ1n) is 4.27. The van der Waals surface area contributed by atoms with E-state index in [1.165, 1.54) is 0 Å². The first-order valence-corrected chi connectivity index (χ1v) is 4.27. The topological polar surface area (TPSA) is 69.4 Å². The molecule has 0 saturated carbocycles. The molecule has 0 atom stereocenters. The van der Waals surface area contributed by atoms with Crippen molar-refractivity contribution in [1.29, 1.82) is 0 Å². The molecule has 70 valence electrons. The first kappa shape index (κ1) is 13.9. The van der Waals surface area contributed by atoms with E-state index in [4.69, 9.17) is 11.6 Å². The van der Waals surface area contributed by atoms with Gasteiger partial charge in [-0.15, -0.1) is 5.70 Å². The van der Waals surface area contributed by atoms with Crippen molar-refractivity contribution in [3.05, 3.63) is 16.8 Å². The standard InChI is InChI=1S/C8H17N4.K/c1-6(2)12-4-3-8(11-10)7(9)5-12;/h6H,3-5,9-10H2,1-2H3;/q-1;+1. The summed E-state index contributed by atoms with van der Waals surface area (Å²) in [4.78, 5) is 2.31. The fourth-order valence-electron chi connectivity index (χ4n) is 1.39. The summed E-state index contributed by atoms with van der Waals surface area (Å²) < 4.78 is 0. The fraction of sp³-hybridized carbons (Fsp3) is 0.750. The molecule has 13 heavy (non-hydrogen) atoms. The van der Waals surface area contributed by atoms with Crippen molar-refractivity contribution < 1.29 is 51.4 Å². The van der Waals surface area contributed by atoms with E-state index in [0.29, 0.717) is 6.04 Å². The second kappa shape index (κ2) is 6.39. The molecular formula is C8H17KN4. The molecule has 0 spiro atoms. The van der Waals surface area contributed by atoms with Gasteiger partial charge in [-0.3, -0.25) is 4.90 Å². The minimum Gasteiger partial charge on any atom is -0.627 e. The monoisotopic (exact) mass is 208 g/mol. The molecule has 4 nitrogen and oxygen atoms in total. The second-order valence-electron chi connectivity index (χ2n) is 3.42. The van der Waals surface area contributed by atoms with Crippen LogP contribution in [0.5, 0.6) is 0 Å². The van der Waals surface area contributed by atoms with Crippen LogP contribution in [0.2, 0.25) is 0 Å². The van der Waals surface area contributed by atoms with Crippen molar-refractivity contribution in [3.63, 3.8) is 0 Å². The predicted octanol–water partition coefficient (Wildman–Crippen LogP) is -2.48. The zero-order valence-corrected chi connectivity index (χ0v) is 11.9. The van der Waals surface area contributed by atoms with Crippen LogP contribution in [0.25, 0.3) is 5.43 Å². The van der Waals surface area contributed by atoms with Gasteiger partial charge in [-0.2, -0.15) is 0 Å². The van der Waals surface area contributed by atoms with Gasteiger partial charge in [0.15, 0.2) is 0 Å². The molecule has 4 N–H and O–H groups in total. The largest absolute Gasteiger partial charge is 1.00 e. The van der Waals surface area contributed by atoms with Crippen LogP contribution >= 0.6 is 0 Å². The van der Waals surface area contributed by atoms with E-state index in [1.807, 2.05) is 0 Å². The van der Waals surface area contributed by atoms with E-state index < -0.39 is 0 Å². The molecular weight excluding hydrogens is 191 g/mol. The van der Waals surface area contributed by atoms with Crippen molar-refractivity contribution in [2.24, 2.45) is 11.6 Å². The van der Waals surface area contributed by atoms with Crippen LogP contribution in [0.4, 0.5) is 0 Å². The Morgan fingerprint density at radius 1 is 1.46 bits per heavy atom. The molecule has 0 bridgehead atoms. The molecule has 0 radical (unpaired) electrons. The van der Waals surface area contributed by atoms with Crippen molar-refractivity contribution in [3.8, 4) is 0 Å². The van der Waals surface area contributed by atoms with E-state index in [9.17, 15) is 0 Å². The molecule has 0 amide bonds. The molecule has 1 heterocycles. The van der Waals surface area contributed by atoms with Gasteiger partial charge < -0.3 is 17.0 Å². The Kier molecular flexibility index (Phi) is 6.83. The molecule has 1 aliphatic heterocycles. The van der Waals surface area contributed by atoms with Crippen LogP contribution in [-0.2, 0) is 0 Å². The summed E-state index contributed by atoms with van der Waals surface area (Å²) in [7, 11) is 0. The van der Waals surface area contributed by atoms with Crippen LogP contribution in [0.1, 0.15) is 20.3 Å². The fourth-order valence-corrected chi connectivity index (χ4v) is 1.39. The minimum absolute atomic E-state index is 0. The SMILES string of the molecule is CC(C)N1CCC([N-]N)=C(N)C1.[K+]. The van der Waals surface area contributed by atoms with Crippen LogP contribution in [-0.4, -0.2) is 24.0 Å². The summed E-state index contributed by atoms with van der Waals surface area (Å²) in [6.07, 6.45) is 0.876. The van der Waals surface area contributed by atoms with E-state index >= 15 is 0 Å². The number of hydrogen-bond donors (Lipinski definition) is 2. The minimum atomic E-state index is 0. The van der Waals surface area contributed by atoms with Gasteiger partial charge in [-0.05, 0) is 20.3 Å². The van der Waals surface area contributed by atoms with Gasteiger partial charge in [-0.25, -0.2) is 0 Å². The Morgan fingerprint density at radius 2 is 2.08 bits per heavy atom. The molecule has 5 heteroatoms. The quantitative estimate of drug-likeness (QED) is 0.300. The summed E-state index contributed by atoms with van der Waals surface area (Å²) in [6.45, 7) is 6.14. The molecule has 0 aromatic carbocycles. The van der Waals surface area contributed by atoms with Gasteiger partial charge in [0.05, 0.1) is 0 Å². The molecule has 0 unspecified atom stereocenters. The average molecular weight is 208 g/mol. The predicted molar refractivity (Wildman–Crippen MR) is 50.1 cm³/mol. The number of nitrogens with zero attached hydrogens (tertiary/aromatic N) is 2. The van der Waals surface area contributed by atoms with E-state index in [1.54, 1.807) is 0 Å². The van der Waals surface area contributed by atoms with E-state index in [0.717, 1.165) is 30.9 Å². The molecule has 0 aromatic heterocycles. The Labute approximate surface area is 122 Å². The van der Waals surface area contributed by atoms with E-state index in [-0.39, 0.29) is 51.4 Å². The van der Waals surface area contributed by atoms with Crippen LogP contribution < -0.4 is 63.0 Å². The first-order chi connectivity index (χ1) is 5.65. The summed E-state index contributed by atoms with van der Waals surface area (Å²) in [5.74, 6) is 5.18. The second-order valence-corrected chi connectivity index (χ2v) is 3.42. The summed E-state index contributed by atoms with van der Waals surface area (Å²) in [5, 5.41) is 0. The molecule has 0 fully saturated rings. The van der Waals surface area contributed by atoms with Gasteiger partial charge in [0, 0.05) is 24.8 Å². The molecule has 0 aliphatic carbocycles. The summed E-state index contributed by atoms with van der Waals surface area (Å²) in [6, 6.07) is 0.544. The Bertz CT molecular complexity index is 191. The Hall–Kier alpha value is 0.896. The third-order valence-corrected chi connectivity index (χ3v) is 2.27. The molecule has 1 rings (SSSR count). The summed E-state index contributed by atoms with van der Waals surface area (Å²) in [5.41, 5.74) is 11.1. The van der Waals surface area contributed by atoms with Crippen molar-refractivity contribution in [1.82, 2.24) is 4.90 Å². The van der Waals surface area contributed by atoms with E-state index in [2.05, 4.69) is 24.2 Å². The number of rotatable bonds is 2. The van der Waals surface area contributed by atoms with Gasteiger partial charge >= 0.3 is 51.4 Å². The molecule has 1 aliphatic rings. The zero-order valence-electron chi connectivity index (χ0n) is 8.75. The Balaban J connectivity index is 0.00000144. The van der Waals surface area contributed by atoms with Crippen molar-refractivity contribution in [2.75, 3.05) is 13.1 Å². The summed E-state index contributed by atoms with van der Waals surface area (Å²) >= 11 is 0. The van der Waals surface area contributed by atoms with Gasteiger partial charge in [0.2, 0.25) is 0 Å². The third-order valence-electron chi connectivity index (χ3n) is 2.27.